The third kappa shape index (κ3) is 2.35. The van der Waals surface area contributed by atoms with Gasteiger partial charge in [-0.05, 0) is 21.8 Å². The zero-order chi connectivity index (χ0) is 10.1. The van der Waals surface area contributed by atoms with Crippen LogP contribution in [-0.4, -0.2) is 23.0 Å². The molecule has 0 radical (unpaired) electrons. The maximum atomic E-state index is 4.47. The monoisotopic (exact) mass is 274 g/mol. The summed E-state index contributed by atoms with van der Waals surface area (Å²) in [7, 11) is 0. The van der Waals surface area contributed by atoms with Gasteiger partial charge in [0.15, 0.2) is 3.92 Å². The lowest BCUT2D eigenvalue weighted by Gasteiger charge is -2.27. The summed E-state index contributed by atoms with van der Waals surface area (Å²) in [5, 5.41) is 0. The summed E-state index contributed by atoms with van der Waals surface area (Å²) in [6, 6.07) is 0. The van der Waals surface area contributed by atoms with Gasteiger partial charge in [-0.3, -0.25) is 4.90 Å². The van der Waals surface area contributed by atoms with E-state index < -0.39 is 0 Å². The van der Waals surface area contributed by atoms with Crippen LogP contribution in [0.15, 0.2) is 3.92 Å². The Labute approximate surface area is 97.5 Å². The molecule has 1 aliphatic rings. The minimum atomic E-state index is 0.757. The second kappa shape index (κ2) is 4.29. The Morgan fingerprint density at radius 2 is 2.36 bits per heavy atom. The maximum absolute atomic E-state index is 4.47. The summed E-state index contributed by atoms with van der Waals surface area (Å²) in [6.45, 7) is 8.02. The molecule has 0 atom stereocenters. The molecule has 0 aliphatic carbocycles. The summed E-state index contributed by atoms with van der Waals surface area (Å²) in [6.07, 6.45) is 1.12. The van der Waals surface area contributed by atoms with E-state index in [-0.39, 0.29) is 0 Å². The van der Waals surface area contributed by atoms with Gasteiger partial charge in [-0.25, -0.2) is 4.98 Å². The SMILES string of the molecule is CC(C)CN1CCc2nc(Br)sc2C1. The van der Waals surface area contributed by atoms with Crippen LogP contribution in [0, 0.1) is 5.92 Å². The standard InChI is InChI=1S/C10H15BrN2S/c1-7(2)5-13-4-3-8-9(6-13)14-10(11)12-8/h7H,3-6H2,1-2H3. The minimum Gasteiger partial charge on any atom is -0.298 e. The number of nitrogens with zero attached hydrogens (tertiary/aromatic N) is 2. The van der Waals surface area contributed by atoms with Crippen LogP contribution in [0.2, 0.25) is 0 Å². The highest BCUT2D eigenvalue weighted by molar-refractivity contribution is 9.11. The van der Waals surface area contributed by atoms with Crippen molar-refractivity contribution in [3.63, 3.8) is 0 Å². The Morgan fingerprint density at radius 1 is 1.57 bits per heavy atom. The summed E-state index contributed by atoms with van der Waals surface area (Å²) in [5.41, 5.74) is 1.31. The van der Waals surface area contributed by atoms with Crippen molar-refractivity contribution in [1.82, 2.24) is 9.88 Å². The van der Waals surface area contributed by atoms with Gasteiger partial charge in [0, 0.05) is 30.9 Å². The number of halogens is 1. The van der Waals surface area contributed by atoms with E-state index in [1.54, 1.807) is 11.3 Å². The molecule has 2 nitrogen and oxygen atoms in total. The molecule has 0 unspecified atom stereocenters. The summed E-state index contributed by atoms with van der Waals surface area (Å²) >= 11 is 5.24. The lowest BCUT2D eigenvalue weighted by molar-refractivity contribution is 0.228. The van der Waals surface area contributed by atoms with Gasteiger partial charge in [0.05, 0.1) is 5.69 Å². The fraction of sp³-hybridized carbons (Fsp3) is 0.700. The highest BCUT2D eigenvalue weighted by Gasteiger charge is 2.20. The third-order valence-corrected chi connectivity index (χ3v) is 3.94. The fourth-order valence-electron chi connectivity index (χ4n) is 1.89. The number of fused-ring (bicyclic) bond motifs is 1. The van der Waals surface area contributed by atoms with Crippen molar-refractivity contribution in [3.05, 3.63) is 14.5 Å². The summed E-state index contributed by atoms with van der Waals surface area (Å²) in [4.78, 5) is 8.45. The van der Waals surface area contributed by atoms with Gasteiger partial charge in [-0.2, -0.15) is 0 Å². The van der Waals surface area contributed by atoms with Crippen molar-refractivity contribution in [3.8, 4) is 0 Å². The number of hydrogen-bond donors (Lipinski definition) is 0. The molecule has 0 N–H and O–H groups in total. The first kappa shape index (κ1) is 10.6. The molecular formula is C10H15BrN2S. The zero-order valence-electron chi connectivity index (χ0n) is 8.59. The molecule has 78 valence electrons. The van der Waals surface area contributed by atoms with Crippen molar-refractivity contribution in [2.45, 2.75) is 26.8 Å². The maximum Gasteiger partial charge on any atom is 0.159 e. The lowest BCUT2D eigenvalue weighted by Crippen LogP contribution is -2.32. The van der Waals surface area contributed by atoms with Crippen molar-refractivity contribution in [2.24, 2.45) is 5.92 Å². The van der Waals surface area contributed by atoms with Crippen molar-refractivity contribution in [1.29, 1.82) is 0 Å². The summed E-state index contributed by atoms with van der Waals surface area (Å²) in [5.74, 6) is 0.757. The fourth-order valence-corrected chi connectivity index (χ4v) is 3.56. The molecule has 0 fully saturated rings. The van der Waals surface area contributed by atoms with Gasteiger partial charge in [-0.15, -0.1) is 11.3 Å². The van der Waals surface area contributed by atoms with Gasteiger partial charge in [-0.1, -0.05) is 13.8 Å². The Balaban J connectivity index is 2.05. The van der Waals surface area contributed by atoms with E-state index in [0.717, 1.165) is 22.8 Å². The van der Waals surface area contributed by atoms with Crippen LogP contribution >= 0.6 is 27.3 Å². The molecule has 4 heteroatoms. The molecule has 0 amide bonds. The second-order valence-electron chi connectivity index (χ2n) is 4.22. The van der Waals surface area contributed by atoms with E-state index in [1.165, 1.54) is 23.7 Å². The molecule has 0 saturated carbocycles. The van der Waals surface area contributed by atoms with Crippen LogP contribution < -0.4 is 0 Å². The van der Waals surface area contributed by atoms with Gasteiger partial charge >= 0.3 is 0 Å². The average molecular weight is 275 g/mol. The van der Waals surface area contributed by atoms with Crippen molar-refractivity contribution in [2.75, 3.05) is 13.1 Å². The van der Waals surface area contributed by atoms with Crippen molar-refractivity contribution >= 4 is 27.3 Å². The highest BCUT2D eigenvalue weighted by atomic mass is 79.9. The molecule has 1 aromatic rings. The van der Waals surface area contributed by atoms with E-state index >= 15 is 0 Å². The smallest absolute Gasteiger partial charge is 0.159 e. The van der Waals surface area contributed by atoms with E-state index in [9.17, 15) is 0 Å². The van der Waals surface area contributed by atoms with Crippen LogP contribution in [0.5, 0.6) is 0 Å². The third-order valence-electron chi connectivity index (χ3n) is 2.41. The van der Waals surface area contributed by atoms with Crippen LogP contribution in [0.4, 0.5) is 0 Å². The molecule has 0 aromatic carbocycles. The average Bonchev–Trinajstić information content (AvgIpc) is 2.42. The predicted octanol–water partition coefficient (Wildman–Crippen LogP) is 2.92. The highest BCUT2D eigenvalue weighted by Crippen LogP contribution is 2.28. The summed E-state index contributed by atoms with van der Waals surface area (Å²) < 4.78 is 1.04. The van der Waals surface area contributed by atoms with Crippen molar-refractivity contribution < 1.29 is 0 Å². The molecular weight excluding hydrogens is 260 g/mol. The van der Waals surface area contributed by atoms with E-state index in [4.69, 9.17) is 0 Å². The molecule has 0 bridgehead atoms. The Hall–Kier alpha value is 0.0700. The van der Waals surface area contributed by atoms with E-state index in [0.29, 0.717) is 0 Å². The lowest BCUT2D eigenvalue weighted by atomic mass is 10.1. The number of hydrogen-bond acceptors (Lipinski definition) is 3. The number of thiazole rings is 1. The molecule has 0 spiro atoms. The first-order valence-electron chi connectivity index (χ1n) is 5.01. The molecule has 1 aliphatic heterocycles. The molecule has 1 aromatic heterocycles. The first-order chi connectivity index (χ1) is 6.65. The normalized spacial score (nSPS) is 17.4. The number of aromatic nitrogens is 1. The first-order valence-corrected chi connectivity index (χ1v) is 6.62. The van der Waals surface area contributed by atoms with Crippen LogP contribution in [-0.2, 0) is 13.0 Å². The molecule has 0 saturated heterocycles. The van der Waals surface area contributed by atoms with Gasteiger partial charge < -0.3 is 0 Å². The van der Waals surface area contributed by atoms with Crippen LogP contribution in [0.3, 0.4) is 0 Å². The topological polar surface area (TPSA) is 16.1 Å². The minimum absolute atomic E-state index is 0.757. The predicted molar refractivity (Wildman–Crippen MR) is 63.6 cm³/mol. The van der Waals surface area contributed by atoms with Crippen LogP contribution in [0.1, 0.15) is 24.4 Å². The van der Waals surface area contributed by atoms with Gasteiger partial charge in [0.2, 0.25) is 0 Å². The van der Waals surface area contributed by atoms with E-state index in [2.05, 4.69) is 39.7 Å². The quantitative estimate of drug-likeness (QED) is 0.825. The number of rotatable bonds is 2. The Kier molecular flexibility index (Phi) is 3.24. The zero-order valence-corrected chi connectivity index (χ0v) is 11.0. The van der Waals surface area contributed by atoms with Gasteiger partial charge in [0.25, 0.3) is 0 Å². The second-order valence-corrected chi connectivity index (χ2v) is 6.58. The molecule has 14 heavy (non-hydrogen) atoms. The Bertz CT molecular complexity index is 322. The van der Waals surface area contributed by atoms with Gasteiger partial charge in [0.1, 0.15) is 0 Å². The van der Waals surface area contributed by atoms with E-state index in [1.807, 2.05) is 0 Å². The largest absolute Gasteiger partial charge is 0.298 e. The van der Waals surface area contributed by atoms with Crippen LogP contribution in [0.25, 0.3) is 0 Å². The molecule has 2 heterocycles. The Morgan fingerprint density at radius 3 is 3.07 bits per heavy atom. The molecule has 2 rings (SSSR count).